The zero-order chi connectivity index (χ0) is 22.6. The van der Waals surface area contributed by atoms with Gasteiger partial charge in [-0.25, -0.2) is 4.79 Å². The average molecular weight is 427 g/mol. The third-order valence-electron chi connectivity index (χ3n) is 6.70. The van der Waals surface area contributed by atoms with Crippen LogP contribution in [0.5, 0.6) is 0 Å². The van der Waals surface area contributed by atoms with Crippen molar-refractivity contribution in [2.45, 2.75) is 77.5 Å². The Labute approximate surface area is 185 Å². The lowest BCUT2D eigenvalue weighted by Gasteiger charge is -2.41. The molecule has 168 valence electrons. The molecule has 0 spiro atoms. The highest BCUT2D eigenvalue weighted by Gasteiger charge is 2.54. The molecule has 0 saturated carbocycles. The highest BCUT2D eigenvalue weighted by molar-refractivity contribution is 6.47. The fourth-order valence-electron chi connectivity index (χ4n) is 4.23. The molecule has 1 aromatic heterocycles. The molecule has 0 bridgehead atoms. The van der Waals surface area contributed by atoms with Crippen LogP contribution in [0.3, 0.4) is 0 Å². The fraction of sp³-hybridized carbons (Fsp3) is 0.625. The molecular weight excluding hydrogens is 393 g/mol. The number of carbonyl (C=O) groups excluding carboxylic acids is 1. The summed E-state index contributed by atoms with van der Waals surface area (Å²) in [7, 11) is -0.343. The predicted octanol–water partition coefficient (Wildman–Crippen LogP) is 5.40. The molecule has 4 rings (SSSR count). The second-order valence-corrected chi connectivity index (χ2v) is 10.9. The molecular formula is C24H34BNO5. The van der Waals surface area contributed by atoms with E-state index in [1.54, 1.807) is 11.2 Å². The summed E-state index contributed by atoms with van der Waals surface area (Å²) >= 11 is 0. The SMILES string of the molecule is CC(C)(C)OC(=O)N1CC(C[C@@H](B2OC(C)(C)C(C)(C)O2)c2ccc3occc3c2)C1. The normalized spacial score (nSPS) is 21.9. The quantitative estimate of drug-likeness (QED) is 0.611. The largest absolute Gasteiger partial charge is 0.465 e. The van der Waals surface area contributed by atoms with Gasteiger partial charge >= 0.3 is 13.2 Å². The van der Waals surface area contributed by atoms with Gasteiger partial charge in [-0.1, -0.05) is 6.07 Å². The molecule has 2 fully saturated rings. The maximum absolute atomic E-state index is 12.3. The minimum Gasteiger partial charge on any atom is -0.464 e. The molecule has 0 N–H and O–H groups in total. The lowest BCUT2D eigenvalue weighted by atomic mass is 9.63. The van der Waals surface area contributed by atoms with E-state index in [0.29, 0.717) is 19.0 Å². The first-order chi connectivity index (χ1) is 14.3. The molecule has 0 unspecified atom stereocenters. The summed E-state index contributed by atoms with van der Waals surface area (Å²) in [6.45, 7) is 15.4. The van der Waals surface area contributed by atoms with Gasteiger partial charge in [0.1, 0.15) is 11.2 Å². The monoisotopic (exact) mass is 427 g/mol. The number of nitrogens with zero attached hydrogens (tertiary/aromatic N) is 1. The molecule has 1 amide bonds. The van der Waals surface area contributed by atoms with Crippen LogP contribution < -0.4 is 0 Å². The lowest BCUT2D eigenvalue weighted by molar-refractivity contribution is -0.00256. The summed E-state index contributed by atoms with van der Waals surface area (Å²) in [5.74, 6) is 0.433. The maximum Gasteiger partial charge on any atom is 0.465 e. The van der Waals surface area contributed by atoms with Crippen LogP contribution in [0.15, 0.2) is 34.9 Å². The van der Waals surface area contributed by atoms with Gasteiger partial charge in [0, 0.05) is 24.3 Å². The van der Waals surface area contributed by atoms with E-state index in [2.05, 4.69) is 39.8 Å². The van der Waals surface area contributed by atoms with Gasteiger partial charge in [-0.15, -0.1) is 0 Å². The van der Waals surface area contributed by atoms with Gasteiger partial charge in [0.2, 0.25) is 0 Å². The third kappa shape index (κ3) is 4.49. The number of likely N-dealkylation sites (tertiary alicyclic amines) is 1. The first kappa shape index (κ1) is 22.2. The minimum absolute atomic E-state index is 0.0612. The Balaban J connectivity index is 1.51. The summed E-state index contributed by atoms with van der Waals surface area (Å²) in [6.07, 6.45) is 2.35. The van der Waals surface area contributed by atoms with Crippen LogP contribution in [-0.4, -0.2) is 48.0 Å². The Bertz CT molecular complexity index is 938. The number of fused-ring (bicyclic) bond motifs is 1. The first-order valence-electron chi connectivity index (χ1n) is 11.2. The molecule has 1 aromatic carbocycles. The molecule has 2 aliphatic heterocycles. The number of carbonyl (C=O) groups is 1. The van der Waals surface area contributed by atoms with E-state index in [0.717, 1.165) is 17.4 Å². The second-order valence-electron chi connectivity index (χ2n) is 10.9. The Kier molecular flexibility index (Phi) is 5.42. The van der Waals surface area contributed by atoms with Crippen LogP contribution in [0.4, 0.5) is 4.79 Å². The average Bonchev–Trinajstić information content (AvgIpc) is 3.13. The Hall–Kier alpha value is -1.99. The van der Waals surface area contributed by atoms with Crippen molar-refractivity contribution in [3.63, 3.8) is 0 Å². The highest BCUT2D eigenvalue weighted by Crippen LogP contribution is 2.43. The highest BCUT2D eigenvalue weighted by atomic mass is 16.7. The van der Waals surface area contributed by atoms with Crippen molar-refractivity contribution in [1.82, 2.24) is 4.90 Å². The van der Waals surface area contributed by atoms with Gasteiger partial charge in [0.15, 0.2) is 0 Å². The molecule has 2 aliphatic rings. The second kappa shape index (κ2) is 7.56. The number of amides is 1. The van der Waals surface area contributed by atoms with Gasteiger partial charge < -0.3 is 23.4 Å². The summed E-state index contributed by atoms with van der Waals surface area (Å²) < 4.78 is 23.9. The topological polar surface area (TPSA) is 61.1 Å². The molecule has 2 saturated heterocycles. The van der Waals surface area contributed by atoms with Crippen LogP contribution in [0.2, 0.25) is 0 Å². The fourth-order valence-corrected chi connectivity index (χ4v) is 4.23. The molecule has 3 heterocycles. The van der Waals surface area contributed by atoms with E-state index in [-0.39, 0.29) is 19.0 Å². The number of rotatable bonds is 4. The van der Waals surface area contributed by atoms with Crippen molar-refractivity contribution in [1.29, 1.82) is 0 Å². The van der Waals surface area contributed by atoms with E-state index in [1.807, 2.05) is 32.9 Å². The summed E-state index contributed by atoms with van der Waals surface area (Å²) in [4.78, 5) is 14.1. The number of benzene rings is 1. The van der Waals surface area contributed by atoms with Gasteiger partial charge in [-0.3, -0.25) is 0 Å². The van der Waals surface area contributed by atoms with E-state index in [9.17, 15) is 4.79 Å². The Morgan fingerprint density at radius 3 is 2.42 bits per heavy atom. The molecule has 2 aromatic rings. The Morgan fingerprint density at radius 2 is 1.81 bits per heavy atom. The van der Waals surface area contributed by atoms with Crippen LogP contribution in [0.25, 0.3) is 11.0 Å². The maximum atomic E-state index is 12.3. The smallest absolute Gasteiger partial charge is 0.464 e. The molecule has 31 heavy (non-hydrogen) atoms. The van der Waals surface area contributed by atoms with Crippen LogP contribution in [0, 0.1) is 5.92 Å². The van der Waals surface area contributed by atoms with E-state index < -0.39 is 16.8 Å². The number of ether oxygens (including phenoxy) is 1. The number of furan rings is 1. The third-order valence-corrected chi connectivity index (χ3v) is 6.70. The van der Waals surface area contributed by atoms with Crippen LogP contribution in [0.1, 0.15) is 66.3 Å². The Morgan fingerprint density at radius 1 is 1.16 bits per heavy atom. The van der Waals surface area contributed by atoms with Gasteiger partial charge in [-0.2, -0.15) is 0 Å². The summed E-state index contributed by atoms with van der Waals surface area (Å²) in [5, 5.41) is 1.07. The molecule has 6 nitrogen and oxygen atoms in total. The standard InChI is InChI=1S/C24H34BNO5/c1-22(2,3)29-21(27)26-14-16(15-26)12-19(25-30-23(4,5)24(6,7)31-25)17-8-9-20-18(13-17)10-11-28-20/h8-11,13,16,19H,12,14-15H2,1-7H3/t19-/m1/s1. The van der Waals surface area contributed by atoms with Crippen LogP contribution in [-0.2, 0) is 14.0 Å². The van der Waals surface area contributed by atoms with E-state index >= 15 is 0 Å². The molecule has 1 atom stereocenters. The van der Waals surface area contributed by atoms with Gasteiger partial charge in [0.25, 0.3) is 0 Å². The van der Waals surface area contributed by atoms with Gasteiger partial charge in [-0.05, 0) is 84.6 Å². The van der Waals surface area contributed by atoms with E-state index in [1.165, 1.54) is 5.56 Å². The first-order valence-corrected chi connectivity index (χ1v) is 11.2. The van der Waals surface area contributed by atoms with Crippen molar-refractivity contribution in [3.05, 3.63) is 36.1 Å². The van der Waals surface area contributed by atoms with Gasteiger partial charge in [0.05, 0.1) is 17.5 Å². The van der Waals surface area contributed by atoms with Crippen LogP contribution >= 0.6 is 0 Å². The lowest BCUT2D eigenvalue weighted by Crippen LogP contribution is -2.52. The minimum atomic E-state index is -0.479. The van der Waals surface area contributed by atoms with Crippen molar-refractivity contribution in [3.8, 4) is 0 Å². The van der Waals surface area contributed by atoms with Crippen molar-refractivity contribution in [2.75, 3.05) is 13.1 Å². The zero-order valence-electron chi connectivity index (χ0n) is 19.7. The zero-order valence-corrected chi connectivity index (χ0v) is 19.7. The predicted molar refractivity (Wildman–Crippen MR) is 121 cm³/mol. The summed E-state index contributed by atoms with van der Waals surface area (Å²) in [6, 6.07) is 8.26. The van der Waals surface area contributed by atoms with E-state index in [4.69, 9.17) is 18.5 Å². The van der Waals surface area contributed by atoms with Crippen molar-refractivity contribution in [2.24, 2.45) is 5.92 Å². The molecule has 0 radical (unpaired) electrons. The summed E-state index contributed by atoms with van der Waals surface area (Å²) in [5.41, 5.74) is 0.780. The number of hydrogen-bond acceptors (Lipinski definition) is 5. The molecule has 7 heteroatoms. The van der Waals surface area contributed by atoms with Crippen molar-refractivity contribution >= 4 is 24.2 Å². The molecule has 0 aliphatic carbocycles. The number of hydrogen-bond donors (Lipinski definition) is 0. The van der Waals surface area contributed by atoms with Crippen molar-refractivity contribution < 1.29 is 23.3 Å².